The van der Waals surface area contributed by atoms with Gasteiger partial charge in [-0.25, -0.2) is 0 Å². The summed E-state index contributed by atoms with van der Waals surface area (Å²) in [5.74, 6) is 0.872. The van der Waals surface area contributed by atoms with Crippen molar-refractivity contribution in [2.24, 2.45) is 0 Å². The van der Waals surface area contributed by atoms with Crippen LogP contribution in [0.25, 0.3) is 0 Å². The Kier molecular flexibility index (Phi) is 4.57. The van der Waals surface area contributed by atoms with Gasteiger partial charge in [0.2, 0.25) is 0 Å². The Morgan fingerprint density at radius 2 is 1.88 bits per heavy atom. The van der Waals surface area contributed by atoms with Crippen LogP contribution in [-0.4, -0.2) is 32.1 Å². The van der Waals surface area contributed by atoms with Gasteiger partial charge < -0.3 is 10.2 Å². The van der Waals surface area contributed by atoms with E-state index in [-0.39, 0.29) is 0 Å². The summed E-state index contributed by atoms with van der Waals surface area (Å²) in [5, 5.41) is 3.49. The van der Waals surface area contributed by atoms with E-state index in [0.29, 0.717) is 0 Å². The summed E-state index contributed by atoms with van der Waals surface area (Å²) in [6, 6.07) is 9.14. The standard InChI is InChI=1S/C15H24N2/c1-17(2)11-3-10-16-12-13-4-6-14(7-5-13)15-8-9-15/h4-7,15-16H,3,8-12H2,1-2H3. The summed E-state index contributed by atoms with van der Waals surface area (Å²) in [6.07, 6.45) is 4.00. The van der Waals surface area contributed by atoms with Crippen LogP contribution < -0.4 is 5.32 Å². The van der Waals surface area contributed by atoms with E-state index in [2.05, 4.69) is 48.6 Å². The molecule has 2 heteroatoms. The molecule has 94 valence electrons. The maximum absolute atomic E-state index is 3.49. The van der Waals surface area contributed by atoms with Crippen LogP contribution in [0.5, 0.6) is 0 Å². The smallest absolute Gasteiger partial charge is 0.0205 e. The molecule has 0 aliphatic heterocycles. The van der Waals surface area contributed by atoms with Crippen LogP contribution in [-0.2, 0) is 6.54 Å². The molecule has 1 aromatic rings. The Balaban J connectivity index is 1.64. The summed E-state index contributed by atoms with van der Waals surface area (Å²) in [5.41, 5.74) is 2.93. The molecule has 1 fully saturated rings. The Morgan fingerprint density at radius 1 is 1.18 bits per heavy atom. The van der Waals surface area contributed by atoms with Crippen LogP contribution in [0, 0.1) is 0 Å². The summed E-state index contributed by atoms with van der Waals surface area (Å²) < 4.78 is 0. The molecule has 0 unspecified atom stereocenters. The van der Waals surface area contributed by atoms with Crippen LogP contribution in [0.15, 0.2) is 24.3 Å². The van der Waals surface area contributed by atoms with Crippen LogP contribution in [0.4, 0.5) is 0 Å². The first-order valence-electron chi connectivity index (χ1n) is 6.70. The van der Waals surface area contributed by atoms with Gasteiger partial charge in [-0.2, -0.15) is 0 Å². The Morgan fingerprint density at radius 3 is 2.47 bits per heavy atom. The van der Waals surface area contributed by atoms with Crippen LogP contribution in [0.2, 0.25) is 0 Å². The minimum atomic E-state index is 0.872. The lowest BCUT2D eigenvalue weighted by molar-refractivity contribution is 0.394. The highest BCUT2D eigenvalue weighted by Crippen LogP contribution is 2.39. The van der Waals surface area contributed by atoms with Crippen molar-refractivity contribution in [2.45, 2.75) is 31.7 Å². The van der Waals surface area contributed by atoms with Crippen molar-refractivity contribution < 1.29 is 0 Å². The van der Waals surface area contributed by atoms with Gasteiger partial charge in [0, 0.05) is 6.54 Å². The average Bonchev–Trinajstić information content (AvgIpc) is 3.13. The van der Waals surface area contributed by atoms with Gasteiger partial charge in [-0.15, -0.1) is 0 Å². The molecule has 1 aliphatic carbocycles. The van der Waals surface area contributed by atoms with E-state index in [4.69, 9.17) is 0 Å². The lowest BCUT2D eigenvalue weighted by Gasteiger charge is -2.10. The Bertz CT molecular complexity index is 325. The second-order valence-electron chi connectivity index (χ2n) is 5.35. The van der Waals surface area contributed by atoms with Crippen molar-refractivity contribution >= 4 is 0 Å². The zero-order valence-electron chi connectivity index (χ0n) is 11.1. The highest BCUT2D eigenvalue weighted by Gasteiger charge is 2.22. The van der Waals surface area contributed by atoms with Crippen molar-refractivity contribution in [3.8, 4) is 0 Å². The molecule has 1 N–H and O–H groups in total. The van der Waals surface area contributed by atoms with E-state index in [9.17, 15) is 0 Å². The average molecular weight is 232 g/mol. The molecule has 0 saturated heterocycles. The van der Waals surface area contributed by atoms with Crippen molar-refractivity contribution in [1.82, 2.24) is 10.2 Å². The molecule has 0 amide bonds. The molecule has 1 aliphatic rings. The molecule has 0 heterocycles. The van der Waals surface area contributed by atoms with Gasteiger partial charge in [-0.1, -0.05) is 24.3 Å². The zero-order chi connectivity index (χ0) is 12.1. The third kappa shape index (κ3) is 4.49. The normalized spacial score (nSPS) is 15.5. The maximum atomic E-state index is 3.49. The monoisotopic (exact) mass is 232 g/mol. The lowest BCUT2D eigenvalue weighted by Crippen LogP contribution is -2.20. The van der Waals surface area contributed by atoms with Gasteiger partial charge in [-0.05, 0) is 63.5 Å². The second kappa shape index (κ2) is 6.18. The number of benzene rings is 1. The fourth-order valence-electron chi connectivity index (χ4n) is 2.08. The van der Waals surface area contributed by atoms with Crippen molar-refractivity contribution in [3.63, 3.8) is 0 Å². The highest BCUT2D eigenvalue weighted by atomic mass is 15.0. The summed E-state index contributed by atoms with van der Waals surface area (Å²) in [4.78, 5) is 2.23. The van der Waals surface area contributed by atoms with E-state index < -0.39 is 0 Å². The largest absolute Gasteiger partial charge is 0.313 e. The molecule has 0 atom stereocenters. The maximum Gasteiger partial charge on any atom is 0.0205 e. The molecule has 0 radical (unpaired) electrons. The summed E-state index contributed by atoms with van der Waals surface area (Å²) >= 11 is 0. The first kappa shape index (κ1) is 12.6. The van der Waals surface area contributed by atoms with E-state index in [1.54, 1.807) is 0 Å². The predicted octanol–water partition coefficient (Wildman–Crippen LogP) is 2.61. The number of hydrogen-bond donors (Lipinski definition) is 1. The van der Waals surface area contributed by atoms with Crippen LogP contribution >= 0.6 is 0 Å². The van der Waals surface area contributed by atoms with E-state index in [1.165, 1.54) is 30.4 Å². The molecular formula is C15H24N2. The fourth-order valence-corrected chi connectivity index (χ4v) is 2.08. The van der Waals surface area contributed by atoms with E-state index in [0.717, 1.165) is 25.6 Å². The summed E-state index contributed by atoms with van der Waals surface area (Å²) in [7, 11) is 4.24. The molecule has 0 spiro atoms. The first-order valence-corrected chi connectivity index (χ1v) is 6.70. The lowest BCUT2D eigenvalue weighted by atomic mass is 10.1. The fraction of sp³-hybridized carbons (Fsp3) is 0.600. The van der Waals surface area contributed by atoms with Crippen LogP contribution in [0.1, 0.15) is 36.3 Å². The Labute approximate surface area is 105 Å². The van der Waals surface area contributed by atoms with Crippen molar-refractivity contribution in [3.05, 3.63) is 35.4 Å². The quantitative estimate of drug-likeness (QED) is 0.727. The molecule has 17 heavy (non-hydrogen) atoms. The number of nitrogens with zero attached hydrogens (tertiary/aromatic N) is 1. The second-order valence-corrected chi connectivity index (χ2v) is 5.35. The zero-order valence-corrected chi connectivity index (χ0v) is 11.1. The topological polar surface area (TPSA) is 15.3 Å². The van der Waals surface area contributed by atoms with Gasteiger partial charge >= 0.3 is 0 Å². The van der Waals surface area contributed by atoms with Crippen molar-refractivity contribution in [1.29, 1.82) is 0 Å². The first-order chi connectivity index (χ1) is 8.25. The van der Waals surface area contributed by atoms with Gasteiger partial charge in [-0.3, -0.25) is 0 Å². The SMILES string of the molecule is CN(C)CCCNCc1ccc(C2CC2)cc1. The third-order valence-corrected chi connectivity index (χ3v) is 3.32. The molecule has 2 nitrogen and oxygen atoms in total. The molecule has 1 aromatic carbocycles. The number of rotatable bonds is 7. The van der Waals surface area contributed by atoms with E-state index >= 15 is 0 Å². The third-order valence-electron chi connectivity index (χ3n) is 3.32. The molecular weight excluding hydrogens is 208 g/mol. The van der Waals surface area contributed by atoms with Gasteiger partial charge in [0.15, 0.2) is 0 Å². The Hall–Kier alpha value is -0.860. The summed E-state index contributed by atoms with van der Waals surface area (Å²) in [6.45, 7) is 3.26. The van der Waals surface area contributed by atoms with Gasteiger partial charge in [0.05, 0.1) is 0 Å². The van der Waals surface area contributed by atoms with Crippen LogP contribution in [0.3, 0.4) is 0 Å². The molecule has 0 bridgehead atoms. The number of hydrogen-bond acceptors (Lipinski definition) is 2. The van der Waals surface area contributed by atoms with Gasteiger partial charge in [0.1, 0.15) is 0 Å². The molecule has 0 aromatic heterocycles. The van der Waals surface area contributed by atoms with Gasteiger partial charge in [0.25, 0.3) is 0 Å². The minimum Gasteiger partial charge on any atom is -0.313 e. The van der Waals surface area contributed by atoms with E-state index in [1.807, 2.05) is 0 Å². The number of nitrogens with one attached hydrogen (secondary N) is 1. The molecule has 2 rings (SSSR count). The molecule has 1 saturated carbocycles. The minimum absolute atomic E-state index is 0.872. The van der Waals surface area contributed by atoms with Crippen molar-refractivity contribution in [2.75, 3.05) is 27.2 Å². The highest BCUT2D eigenvalue weighted by molar-refractivity contribution is 5.27. The predicted molar refractivity (Wildman–Crippen MR) is 73.3 cm³/mol.